The number of halogens is 1. The van der Waals surface area contributed by atoms with Crippen LogP contribution in [-0.4, -0.2) is 30.6 Å². The van der Waals surface area contributed by atoms with Crippen LogP contribution in [0.3, 0.4) is 0 Å². The molecule has 0 saturated carbocycles. The summed E-state index contributed by atoms with van der Waals surface area (Å²) in [5.74, 6) is 2.35. The molecule has 0 aromatic carbocycles. The van der Waals surface area contributed by atoms with Crippen molar-refractivity contribution in [3.63, 3.8) is 0 Å². The monoisotopic (exact) mass is 256 g/mol. The lowest BCUT2D eigenvalue weighted by Gasteiger charge is -2.24. The molecule has 1 rings (SSSR count). The molecule has 0 spiro atoms. The number of alkyl halides is 1. The van der Waals surface area contributed by atoms with Crippen LogP contribution in [0.5, 0.6) is 5.75 Å². The summed E-state index contributed by atoms with van der Waals surface area (Å²) in [4.78, 5) is 6.61. The maximum atomic E-state index is 5.84. The van der Waals surface area contributed by atoms with E-state index in [-0.39, 0.29) is 0 Å². The zero-order valence-electron chi connectivity index (χ0n) is 10.7. The maximum absolute atomic E-state index is 5.84. The standard InChI is InChI=1S/C13H21ClN2O/c1-3-5-10-16(11-8-14)13-12(17-4-2)7-6-9-15-13/h6-7,9H,3-5,8,10-11H2,1-2H3. The minimum atomic E-state index is 0.603. The van der Waals surface area contributed by atoms with Crippen LogP contribution in [0.15, 0.2) is 18.3 Å². The van der Waals surface area contributed by atoms with Gasteiger partial charge < -0.3 is 9.64 Å². The third kappa shape index (κ3) is 4.43. The molecule has 1 aromatic rings. The van der Waals surface area contributed by atoms with Gasteiger partial charge in [-0.05, 0) is 25.5 Å². The Kier molecular flexibility index (Phi) is 6.78. The first-order chi connectivity index (χ1) is 8.33. The summed E-state index contributed by atoms with van der Waals surface area (Å²) in [5.41, 5.74) is 0. The van der Waals surface area contributed by atoms with Gasteiger partial charge in [0.05, 0.1) is 6.61 Å². The third-order valence-corrected chi connectivity index (χ3v) is 2.66. The molecular weight excluding hydrogens is 236 g/mol. The molecule has 0 unspecified atom stereocenters. The molecule has 0 amide bonds. The van der Waals surface area contributed by atoms with Crippen LogP contribution < -0.4 is 9.64 Å². The summed E-state index contributed by atoms with van der Waals surface area (Å²) in [5, 5.41) is 0. The second-order valence-electron chi connectivity index (χ2n) is 3.79. The summed E-state index contributed by atoms with van der Waals surface area (Å²) in [6, 6.07) is 3.85. The van der Waals surface area contributed by atoms with E-state index in [1.165, 1.54) is 0 Å². The van der Waals surface area contributed by atoms with Crippen molar-refractivity contribution in [1.82, 2.24) is 4.98 Å². The number of anilines is 1. The first-order valence-corrected chi connectivity index (χ1v) is 6.75. The molecule has 17 heavy (non-hydrogen) atoms. The Balaban J connectivity index is 2.83. The molecule has 0 saturated heterocycles. The first kappa shape index (κ1) is 14.1. The fourth-order valence-corrected chi connectivity index (χ4v) is 1.87. The van der Waals surface area contributed by atoms with Crippen molar-refractivity contribution < 1.29 is 4.74 Å². The number of hydrogen-bond acceptors (Lipinski definition) is 3. The maximum Gasteiger partial charge on any atom is 0.171 e. The van der Waals surface area contributed by atoms with Crippen molar-refractivity contribution in [1.29, 1.82) is 0 Å². The zero-order valence-corrected chi connectivity index (χ0v) is 11.4. The van der Waals surface area contributed by atoms with Crippen molar-refractivity contribution in [3.05, 3.63) is 18.3 Å². The van der Waals surface area contributed by atoms with E-state index >= 15 is 0 Å². The molecule has 0 radical (unpaired) electrons. The Morgan fingerprint density at radius 3 is 2.82 bits per heavy atom. The molecule has 0 aliphatic heterocycles. The van der Waals surface area contributed by atoms with Gasteiger partial charge >= 0.3 is 0 Å². The highest BCUT2D eigenvalue weighted by Gasteiger charge is 2.12. The molecule has 96 valence electrons. The first-order valence-electron chi connectivity index (χ1n) is 6.22. The minimum Gasteiger partial charge on any atom is -0.490 e. The third-order valence-electron chi connectivity index (χ3n) is 2.49. The van der Waals surface area contributed by atoms with Crippen molar-refractivity contribution >= 4 is 17.4 Å². The molecule has 0 aliphatic rings. The predicted molar refractivity (Wildman–Crippen MR) is 73.2 cm³/mol. The van der Waals surface area contributed by atoms with Gasteiger partial charge in [0, 0.05) is 25.2 Å². The van der Waals surface area contributed by atoms with Crippen LogP contribution in [0.1, 0.15) is 26.7 Å². The van der Waals surface area contributed by atoms with Crippen molar-refractivity contribution in [3.8, 4) is 5.75 Å². The summed E-state index contributed by atoms with van der Waals surface area (Å²) >= 11 is 5.84. The fraction of sp³-hybridized carbons (Fsp3) is 0.615. The van der Waals surface area contributed by atoms with Crippen LogP contribution >= 0.6 is 11.6 Å². The van der Waals surface area contributed by atoms with E-state index in [0.717, 1.165) is 37.5 Å². The van der Waals surface area contributed by atoms with Gasteiger partial charge in [0.25, 0.3) is 0 Å². The van der Waals surface area contributed by atoms with Gasteiger partial charge in [0.1, 0.15) is 0 Å². The average Bonchev–Trinajstić information content (AvgIpc) is 2.36. The highest BCUT2D eigenvalue weighted by atomic mass is 35.5. The zero-order chi connectivity index (χ0) is 12.5. The van der Waals surface area contributed by atoms with Gasteiger partial charge in [-0.2, -0.15) is 0 Å². The number of unbranched alkanes of at least 4 members (excludes halogenated alkanes) is 1. The topological polar surface area (TPSA) is 25.4 Å². The van der Waals surface area contributed by atoms with E-state index in [1.807, 2.05) is 19.1 Å². The lowest BCUT2D eigenvalue weighted by molar-refractivity contribution is 0.339. The average molecular weight is 257 g/mol. The van der Waals surface area contributed by atoms with Crippen molar-refractivity contribution in [2.45, 2.75) is 26.7 Å². The molecule has 0 bridgehead atoms. The summed E-state index contributed by atoms with van der Waals surface area (Å²) in [6.45, 7) is 6.59. The Labute approximate surface area is 109 Å². The largest absolute Gasteiger partial charge is 0.490 e. The van der Waals surface area contributed by atoms with Crippen LogP contribution in [0.2, 0.25) is 0 Å². The van der Waals surface area contributed by atoms with Gasteiger partial charge in [-0.15, -0.1) is 11.6 Å². The van der Waals surface area contributed by atoms with Gasteiger partial charge in [-0.25, -0.2) is 4.98 Å². The molecule has 3 nitrogen and oxygen atoms in total. The summed E-state index contributed by atoms with van der Waals surface area (Å²) in [6.07, 6.45) is 4.10. The van der Waals surface area contributed by atoms with Gasteiger partial charge in [0.2, 0.25) is 0 Å². The van der Waals surface area contributed by atoms with Crippen LogP contribution in [0, 0.1) is 0 Å². The van der Waals surface area contributed by atoms with Gasteiger partial charge in [0.15, 0.2) is 11.6 Å². The van der Waals surface area contributed by atoms with E-state index in [2.05, 4.69) is 16.8 Å². The number of rotatable bonds is 8. The predicted octanol–water partition coefficient (Wildman–Crippen LogP) is 3.33. The summed E-state index contributed by atoms with van der Waals surface area (Å²) < 4.78 is 5.60. The van der Waals surface area contributed by atoms with Crippen LogP contribution in [-0.2, 0) is 0 Å². The summed E-state index contributed by atoms with van der Waals surface area (Å²) in [7, 11) is 0. The Bertz CT molecular complexity index is 320. The number of aromatic nitrogens is 1. The Morgan fingerprint density at radius 2 is 2.18 bits per heavy atom. The highest BCUT2D eigenvalue weighted by molar-refractivity contribution is 6.18. The number of ether oxygens (including phenoxy) is 1. The molecule has 1 aromatic heterocycles. The Hall–Kier alpha value is -0.960. The quantitative estimate of drug-likeness (QED) is 0.667. The van der Waals surface area contributed by atoms with E-state index < -0.39 is 0 Å². The van der Waals surface area contributed by atoms with Crippen molar-refractivity contribution in [2.75, 3.05) is 30.5 Å². The van der Waals surface area contributed by atoms with Crippen LogP contribution in [0.4, 0.5) is 5.82 Å². The smallest absolute Gasteiger partial charge is 0.171 e. The number of hydrogen-bond donors (Lipinski definition) is 0. The molecule has 0 N–H and O–H groups in total. The van der Waals surface area contributed by atoms with E-state index in [4.69, 9.17) is 16.3 Å². The molecule has 4 heteroatoms. The van der Waals surface area contributed by atoms with E-state index in [9.17, 15) is 0 Å². The molecular formula is C13H21ClN2O. The van der Waals surface area contributed by atoms with Crippen LogP contribution in [0.25, 0.3) is 0 Å². The van der Waals surface area contributed by atoms with Gasteiger partial charge in [-0.1, -0.05) is 13.3 Å². The van der Waals surface area contributed by atoms with Crippen molar-refractivity contribution in [2.24, 2.45) is 0 Å². The number of pyridine rings is 1. The highest BCUT2D eigenvalue weighted by Crippen LogP contribution is 2.25. The molecule has 0 fully saturated rings. The molecule has 0 atom stereocenters. The minimum absolute atomic E-state index is 0.603. The van der Waals surface area contributed by atoms with E-state index in [1.54, 1.807) is 6.20 Å². The number of nitrogens with zero attached hydrogens (tertiary/aromatic N) is 2. The normalized spacial score (nSPS) is 10.3. The SMILES string of the molecule is CCCCN(CCCl)c1ncccc1OCC. The lowest BCUT2D eigenvalue weighted by atomic mass is 10.3. The second kappa shape index (κ2) is 8.18. The molecule has 1 heterocycles. The molecule has 0 aliphatic carbocycles. The van der Waals surface area contributed by atoms with E-state index in [0.29, 0.717) is 12.5 Å². The lowest BCUT2D eigenvalue weighted by Crippen LogP contribution is -2.28. The second-order valence-corrected chi connectivity index (χ2v) is 4.17. The Morgan fingerprint density at radius 1 is 1.35 bits per heavy atom. The van der Waals surface area contributed by atoms with Gasteiger partial charge in [-0.3, -0.25) is 0 Å². The fourth-order valence-electron chi connectivity index (χ4n) is 1.66.